The fourth-order valence-electron chi connectivity index (χ4n) is 2.84. The number of nitrogens with zero attached hydrogens (tertiary/aromatic N) is 3. The van der Waals surface area contributed by atoms with Crippen LogP contribution in [0.5, 0.6) is 0 Å². The van der Waals surface area contributed by atoms with Crippen molar-refractivity contribution in [3.63, 3.8) is 0 Å². The number of hydrogen-bond donors (Lipinski definition) is 1. The highest BCUT2D eigenvalue weighted by molar-refractivity contribution is 7.79. The molecule has 0 bridgehead atoms. The molecule has 31 heavy (non-hydrogen) atoms. The molecule has 1 aromatic carbocycles. The SMILES string of the molecule is CC.CN1CCOCC1C(=O)N(C=S)c1ccc(NC(=O)c2cccc(F)n2)cc1Cl. The lowest BCUT2D eigenvalue weighted by atomic mass is 10.2. The third-order valence-electron chi connectivity index (χ3n) is 4.44. The highest BCUT2D eigenvalue weighted by Gasteiger charge is 2.31. The third-order valence-corrected chi connectivity index (χ3v) is 4.95. The number of carbonyl (C=O) groups excluding carboxylic acids is 2. The number of morpholine rings is 1. The molecule has 1 saturated heterocycles. The Morgan fingerprint density at radius 1 is 1.35 bits per heavy atom. The number of ether oxygens (including phenoxy) is 1. The van der Waals surface area contributed by atoms with Crippen LogP contribution in [0.25, 0.3) is 0 Å². The number of nitrogens with one attached hydrogen (secondary N) is 1. The van der Waals surface area contributed by atoms with E-state index in [1.165, 1.54) is 28.6 Å². The van der Waals surface area contributed by atoms with E-state index in [1.807, 2.05) is 25.8 Å². The smallest absolute Gasteiger partial charge is 0.274 e. The van der Waals surface area contributed by atoms with E-state index in [4.69, 9.17) is 28.6 Å². The van der Waals surface area contributed by atoms with Gasteiger partial charge in [0, 0.05) is 12.2 Å². The first-order valence-electron chi connectivity index (χ1n) is 9.70. The zero-order valence-electron chi connectivity index (χ0n) is 17.5. The number of hydrogen-bond acceptors (Lipinski definition) is 6. The molecule has 0 aliphatic carbocycles. The van der Waals surface area contributed by atoms with Gasteiger partial charge in [-0.25, -0.2) is 4.98 Å². The topological polar surface area (TPSA) is 74.8 Å². The van der Waals surface area contributed by atoms with Crippen molar-refractivity contribution in [3.05, 3.63) is 53.1 Å². The van der Waals surface area contributed by atoms with E-state index in [0.717, 1.165) is 6.07 Å². The summed E-state index contributed by atoms with van der Waals surface area (Å²) in [6, 6.07) is 8.08. The number of halogens is 2. The molecule has 2 heterocycles. The first kappa shape index (κ1) is 24.8. The molecule has 1 aliphatic rings. The van der Waals surface area contributed by atoms with Crippen molar-refractivity contribution in [1.29, 1.82) is 0 Å². The number of pyridine rings is 1. The molecule has 1 atom stereocenters. The van der Waals surface area contributed by atoms with Crippen molar-refractivity contribution in [2.24, 2.45) is 0 Å². The lowest BCUT2D eigenvalue weighted by Gasteiger charge is -2.34. The average molecular weight is 467 g/mol. The van der Waals surface area contributed by atoms with E-state index in [2.05, 4.69) is 10.3 Å². The molecule has 2 amide bonds. The molecule has 0 radical (unpaired) electrons. The fraction of sp³-hybridized carbons (Fsp3) is 0.333. The monoisotopic (exact) mass is 466 g/mol. The predicted octanol–water partition coefficient (Wildman–Crippen LogP) is 3.77. The van der Waals surface area contributed by atoms with Crippen LogP contribution < -0.4 is 10.2 Å². The summed E-state index contributed by atoms with van der Waals surface area (Å²) < 4.78 is 18.6. The quantitative estimate of drug-likeness (QED) is 0.534. The zero-order valence-corrected chi connectivity index (χ0v) is 19.0. The van der Waals surface area contributed by atoms with Gasteiger partial charge in [0.25, 0.3) is 11.8 Å². The van der Waals surface area contributed by atoms with Crippen LogP contribution in [0.4, 0.5) is 15.8 Å². The lowest BCUT2D eigenvalue weighted by Crippen LogP contribution is -2.53. The van der Waals surface area contributed by atoms with Crippen molar-refractivity contribution < 1.29 is 18.7 Å². The summed E-state index contributed by atoms with van der Waals surface area (Å²) in [5.74, 6) is -1.60. The second kappa shape index (κ2) is 11.8. The third kappa shape index (κ3) is 6.27. The summed E-state index contributed by atoms with van der Waals surface area (Å²) >= 11 is 11.4. The van der Waals surface area contributed by atoms with Crippen LogP contribution in [0.2, 0.25) is 5.02 Å². The Morgan fingerprint density at radius 3 is 2.71 bits per heavy atom. The molecule has 1 aliphatic heterocycles. The summed E-state index contributed by atoms with van der Waals surface area (Å²) in [6.07, 6.45) is 0. The molecular formula is C21H24ClFN4O3S. The Bertz CT molecular complexity index is 947. The zero-order chi connectivity index (χ0) is 23.0. The van der Waals surface area contributed by atoms with Gasteiger partial charge in [0.05, 0.1) is 29.4 Å². The fourth-order valence-corrected chi connectivity index (χ4v) is 3.33. The van der Waals surface area contributed by atoms with Crippen LogP contribution in [0.3, 0.4) is 0 Å². The molecule has 166 valence electrons. The van der Waals surface area contributed by atoms with Gasteiger partial charge >= 0.3 is 0 Å². The van der Waals surface area contributed by atoms with Crippen LogP contribution in [0.15, 0.2) is 36.4 Å². The van der Waals surface area contributed by atoms with Gasteiger partial charge < -0.3 is 10.1 Å². The molecule has 2 aromatic rings. The maximum atomic E-state index is 13.2. The van der Waals surface area contributed by atoms with Crippen molar-refractivity contribution in [1.82, 2.24) is 9.88 Å². The summed E-state index contributed by atoms with van der Waals surface area (Å²) in [4.78, 5) is 31.8. The highest BCUT2D eigenvalue weighted by Crippen LogP contribution is 2.29. The van der Waals surface area contributed by atoms with Crippen molar-refractivity contribution in [2.45, 2.75) is 19.9 Å². The van der Waals surface area contributed by atoms with E-state index in [1.54, 1.807) is 12.1 Å². The van der Waals surface area contributed by atoms with Crippen molar-refractivity contribution in [2.75, 3.05) is 37.0 Å². The molecule has 1 N–H and O–H groups in total. The Kier molecular flexibility index (Phi) is 9.44. The Balaban J connectivity index is 0.00000166. The second-order valence-electron chi connectivity index (χ2n) is 6.35. The van der Waals surface area contributed by atoms with E-state index in [0.29, 0.717) is 24.5 Å². The molecule has 10 heteroatoms. The predicted molar refractivity (Wildman–Crippen MR) is 123 cm³/mol. The molecule has 0 spiro atoms. The van der Waals surface area contributed by atoms with E-state index in [9.17, 15) is 14.0 Å². The van der Waals surface area contributed by atoms with Gasteiger partial charge in [-0.2, -0.15) is 4.39 Å². The van der Waals surface area contributed by atoms with Gasteiger partial charge in [-0.15, -0.1) is 0 Å². The van der Waals surface area contributed by atoms with Crippen LogP contribution in [-0.2, 0) is 9.53 Å². The standard InChI is InChI=1S/C19H18ClFN4O3S.C2H6/c1-24-7-8-28-10-16(24)19(27)25(11-29)15-6-5-12(9-13(15)20)22-18(26)14-3-2-4-17(21)23-14;1-2/h2-6,9,11,16H,7-8,10H2,1H3,(H,22,26);1-2H3. The van der Waals surface area contributed by atoms with Crippen LogP contribution >= 0.6 is 23.8 Å². The Labute approximate surface area is 191 Å². The maximum absolute atomic E-state index is 13.2. The Morgan fingerprint density at radius 2 is 2.10 bits per heavy atom. The summed E-state index contributed by atoms with van der Waals surface area (Å²) in [5, 5.41) is 2.80. The Hall–Kier alpha value is -2.46. The molecule has 1 unspecified atom stereocenters. The normalized spacial score (nSPS) is 16.0. The largest absolute Gasteiger partial charge is 0.378 e. The minimum absolute atomic E-state index is 0.0683. The lowest BCUT2D eigenvalue weighted by molar-refractivity contribution is -0.127. The van der Waals surface area contributed by atoms with Gasteiger partial charge in [0.15, 0.2) is 0 Å². The number of thiocarbonyl (C=S) groups is 1. The number of likely N-dealkylation sites (N-methyl/N-ethyl adjacent to an activating group) is 1. The first-order chi connectivity index (χ1) is 14.9. The summed E-state index contributed by atoms with van der Waals surface area (Å²) in [7, 11) is 1.84. The van der Waals surface area contributed by atoms with Crippen LogP contribution in [-0.4, -0.2) is 60.0 Å². The number of carbonyl (C=O) groups is 2. The summed E-state index contributed by atoms with van der Waals surface area (Å²) in [6.45, 7) is 5.46. The van der Waals surface area contributed by atoms with Crippen LogP contribution in [0.1, 0.15) is 24.3 Å². The van der Waals surface area contributed by atoms with Gasteiger partial charge in [-0.3, -0.25) is 19.4 Å². The first-order valence-corrected chi connectivity index (χ1v) is 10.6. The van der Waals surface area contributed by atoms with Gasteiger partial charge in [0.2, 0.25) is 5.95 Å². The average Bonchev–Trinajstić information content (AvgIpc) is 2.77. The highest BCUT2D eigenvalue weighted by atomic mass is 35.5. The molecule has 0 saturated carbocycles. The maximum Gasteiger partial charge on any atom is 0.274 e. The second-order valence-corrected chi connectivity index (χ2v) is 6.97. The molecule has 1 fully saturated rings. The van der Waals surface area contributed by atoms with Crippen molar-refractivity contribution >= 4 is 52.5 Å². The number of amides is 2. The van der Waals surface area contributed by atoms with E-state index < -0.39 is 17.9 Å². The van der Waals surface area contributed by atoms with Crippen molar-refractivity contribution in [3.8, 4) is 0 Å². The van der Waals surface area contributed by atoms with Gasteiger partial charge in [-0.05, 0) is 37.4 Å². The number of anilines is 2. The van der Waals surface area contributed by atoms with E-state index in [-0.39, 0.29) is 23.2 Å². The molecule has 3 rings (SSSR count). The van der Waals surface area contributed by atoms with E-state index >= 15 is 0 Å². The molecule has 1 aromatic heterocycles. The number of aromatic nitrogens is 1. The number of benzene rings is 1. The number of rotatable bonds is 5. The van der Waals surface area contributed by atoms with Gasteiger partial charge in [-0.1, -0.05) is 43.7 Å². The van der Waals surface area contributed by atoms with Crippen LogP contribution in [0, 0.1) is 5.95 Å². The molecular weight excluding hydrogens is 443 g/mol. The summed E-state index contributed by atoms with van der Waals surface area (Å²) in [5.41, 5.74) is 1.90. The van der Waals surface area contributed by atoms with Gasteiger partial charge in [0.1, 0.15) is 11.7 Å². The molecule has 7 nitrogen and oxygen atoms in total. The minimum Gasteiger partial charge on any atom is -0.378 e. The minimum atomic E-state index is -0.752.